The monoisotopic (exact) mass is 275 g/mol. The Labute approximate surface area is 109 Å². The van der Waals surface area contributed by atoms with E-state index in [4.69, 9.17) is 11.0 Å². The number of pyridine rings is 2. The second-order valence-corrected chi connectivity index (χ2v) is 5.16. The SMILES string of the molecule is N#Cc1ncccc1S(=O)(=O)Nc1ncccc1N. The first-order chi connectivity index (χ1) is 9.04. The normalized spacial score (nSPS) is 10.7. The second kappa shape index (κ2) is 4.91. The molecule has 19 heavy (non-hydrogen) atoms. The van der Waals surface area contributed by atoms with Crippen molar-refractivity contribution in [2.24, 2.45) is 0 Å². The fourth-order valence-corrected chi connectivity index (χ4v) is 2.52. The molecule has 7 nitrogen and oxygen atoms in total. The summed E-state index contributed by atoms with van der Waals surface area (Å²) >= 11 is 0. The molecule has 0 spiro atoms. The van der Waals surface area contributed by atoms with Crippen LogP contribution in [0.2, 0.25) is 0 Å². The van der Waals surface area contributed by atoms with Gasteiger partial charge in [-0.3, -0.25) is 4.72 Å². The van der Waals surface area contributed by atoms with E-state index in [0.717, 1.165) is 0 Å². The summed E-state index contributed by atoms with van der Waals surface area (Å²) in [6.45, 7) is 0. The first kappa shape index (κ1) is 12.8. The van der Waals surface area contributed by atoms with E-state index in [1.54, 1.807) is 12.1 Å². The molecule has 2 rings (SSSR count). The van der Waals surface area contributed by atoms with Gasteiger partial charge in [-0.25, -0.2) is 18.4 Å². The van der Waals surface area contributed by atoms with Gasteiger partial charge in [-0.1, -0.05) is 0 Å². The molecule has 0 bridgehead atoms. The molecule has 0 radical (unpaired) electrons. The second-order valence-electron chi connectivity index (χ2n) is 3.51. The number of nitrogens with zero attached hydrogens (tertiary/aromatic N) is 3. The first-order valence-electron chi connectivity index (χ1n) is 5.13. The fourth-order valence-electron chi connectivity index (χ4n) is 1.38. The topological polar surface area (TPSA) is 122 Å². The van der Waals surface area contributed by atoms with Gasteiger partial charge in [-0.05, 0) is 24.3 Å². The number of rotatable bonds is 3. The van der Waals surface area contributed by atoms with Crippen molar-refractivity contribution in [3.05, 3.63) is 42.4 Å². The fraction of sp³-hybridized carbons (Fsp3) is 0. The molecule has 96 valence electrons. The Morgan fingerprint density at radius 1 is 1.21 bits per heavy atom. The number of nitriles is 1. The predicted octanol–water partition coefficient (Wildman–Crippen LogP) is 0.731. The molecule has 2 aromatic heterocycles. The highest BCUT2D eigenvalue weighted by Crippen LogP contribution is 2.20. The minimum Gasteiger partial charge on any atom is -0.396 e. The van der Waals surface area contributed by atoms with Crippen LogP contribution in [0, 0.1) is 11.3 Å². The average molecular weight is 275 g/mol. The molecule has 0 aromatic carbocycles. The lowest BCUT2D eigenvalue weighted by molar-refractivity contribution is 0.600. The Bertz CT molecular complexity index is 752. The highest BCUT2D eigenvalue weighted by atomic mass is 32.2. The molecule has 0 aliphatic rings. The van der Waals surface area contributed by atoms with Crippen molar-refractivity contribution >= 4 is 21.5 Å². The van der Waals surface area contributed by atoms with Crippen LogP contribution in [0.3, 0.4) is 0 Å². The minimum atomic E-state index is -3.96. The summed E-state index contributed by atoms with van der Waals surface area (Å²) < 4.78 is 26.5. The molecule has 0 atom stereocenters. The van der Waals surface area contributed by atoms with Gasteiger partial charge in [0.05, 0.1) is 5.69 Å². The molecule has 3 N–H and O–H groups in total. The summed E-state index contributed by atoms with van der Waals surface area (Å²) in [4.78, 5) is 7.30. The minimum absolute atomic E-state index is 0.00948. The van der Waals surface area contributed by atoms with Crippen LogP contribution in [0.4, 0.5) is 11.5 Å². The van der Waals surface area contributed by atoms with Gasteiger partial charge in [0, 0.05) is 12.4 Å². The van der Waals surface area contributed by atoms with Gasteiger partial charge >= 0.3 is 0 Å². The first-order valence-corrected chi connectivity index (χ1v) is 6.61. The van der Waals surface area contributed by atoms with E-state index in [1.165, 1.54) is 30.6 Å². The van der Waals surface area contributed by atoms with Crippen molar-refractivity contribution < 1.29 is 8.42 Å². The molecule has 0 fully saturated rings. The smallest absolute Gasteiger partial charge is 0.266 e. The summed E-state index contributed by atoms with van der Waals surface area (Å²) in [5.74, 6) is 0.00948. The predicted molar refractivity (Wildman–Crippen MR) is 68.4 cm³/mol. The van der Waals surface area contributed by atoms with Gasteiger partial charge in [0.1, 0.15) is 11.0 Å². The van der Waals surface area contributed by atoms with Crippen molar-refractivity contribution in [1.29, 1.82) is 5.26 Å². The maximum absolute atomic E-state index is 12.1. The molecular formula is C11H9N5O2S. The molecule has 2 heterocycles. The highest BCUT2D eigenvalue weighted by molar-refractivity contribution is 7.92. The number of nitrogens with one attached hydrogen (secondary N) is 1. The van der Waals surface area contributed by atoms with Crippen molar-refractivity contribution in [1.82, 2.24) is 9.97 Å². The number of nitrogen functional groups attached to an aromatic ring is 1. The van der Waals surface area contributed by atoms with Gasteiger partial charge in [0.15, 0.2) is 11.5 Å². The third-order valence-corrected chi connectivity index (χ3v) is 3.61. The van der Waals surface area contributed by atoms with E-state index in [2.05, 4.69) is 14.7 Å². The number of hydrogen-bond acceptors (Lipinski definition) is 6. The van der Waals surface area contributed by atoms with E-state index in [1.807, 2.05) is 0 Å². The molecule has 8 heteroatoms. The summed E-state index contributed by atoms with van der Waals surface area (Å²) in [5.41, 5.74) is 5.60. The third kappa shape index (κ3) is 2.61. The maximum Gasteiger partial charge on any atom is 0.266 e. The van der Waals surface area contributed by atoms with E-state index >= 15 is 0 Å². The lowest BCUT2D eigenvalue weighted by Gasteiger charge is -2.09. The maximum atomic E-state index is 12.1. The van der Waals surface area contributed by atoms with Gasteiger partial charge in [0.25, 0.3) is 10.0 Å². The number of sulfonamides is 1. The van der Waals surface area contributed by atoms with Crippen LogP contribution < -0.4 is 10.5 Å². The van der Waals surface area contributed by atoms with Crippen LogP contribution in [0.25, 0.3) is 0 Å². The molecule has 0 aliphatic carbocycles. The lowest BCUT2D eigenvalue weighted by Crippen LogP contribution is -2.16. The van der Waals surface area contributed by atoms with E-state index < -0.39 is 10.0 Å². The molecular weight excluding hydrogens is 266 g/mol. The van der Waals surface area contributed by atoms with E-state index in [9.17, 15) is 8.42 Å². The zero-order valence-electron chi connectivity index (χ0n) is 9.61. The number of hydrogen-bond donors (Lipinski definition) is 2. The molecule has 0 saturated heterocycles. The van der Waals surface area contributed by atoms with Crippen molar-refractivity contribution in [2.45, 2.75) is 4.90 Å². The quantitative estimate of drug-likeness (QED) is 0.851. The number of aromatic nitrogens is 2. The van der Waals surface area contributed by atoms with Crippen LogP contribution >= 0.6 is 0 Å². The van der Waals surface area contributed by atoms with E-state index in [0.29, 0.717) is 0 Å². The molecule has 0 saturated carbocycles. The Hall–Kier alpha value is -2.66. The molecule has 0 unspecified atom stereocenters. The Balaban J connectivity index is 2.45. The Morgan fingerprint density at radius 2 is 1.89 bits per heavy atom. The Kier molecular flexibility index (Phi) is 3.31. The molecule has 2 aromatic rings. The largest absolute Gasteiger partial charge is 0.396 e. The highest BCUT2D eigenvalue weighted by Gasteiger charge is 2.20. The lowest BCUT2D eigenvalue weighted by atomic mass is 10.4. The third-order valence-electron chi connectivity index (χ3n) is 2.24. The molecule has 0 amide bonds. The summed E-state index contributed by atoms with van der Waals surface area (Å²) in [6, 6.07) is 7.53. The van der Waals surface area contributed by atoms with Gasteiger partial charge in [0.2, 0.25) is 0 Å². The molecule has 0 aliphatic heterocycles. The van der Waals surface area contributed by atoms with Crippen LogP contribution in [0.1, 0.15) is 5.69 Å². The van der Waals surface area contributed by atoms with Gasteiger partial charge in [-0.2, -0.15) is 5.26 Å². The van der Waals surface area contributed by atoms with Crippen LogP contribution in [-0.2, 0) is 10.0 Å². The van der Waals surface area contributed by atoms with Crippen molar-refractivity contribution in [3.63, 3.8) is 0 Å². The van der Waals surface area contributed by atoms with Crippen LogP contribution in [0.5, 0.6) is 0 Å². The summed E-state index contributed by atoms with van der Waals surface area (Å²) in [7, 11) is -3.96. The zero-order chi connectivity index (χ0) is 13.9. The van der Waals surface area contributed by atoms with Crippen molar-refractivity contribution in [2.75, 3.05) is 10.5 Å². The zero-order valence-corrected chi connectivity index (χ0v) is 10.4. The summed E-state index contributed by atoms with van der Waals surface area (Å²) in [5, 5.41) is 8.86. The van der Waals surface area contributed by atoms with Crippen molar-refractivity contribution in [3.8, 4) is 6.07 Å². The van der Waals surface area contributed by atoms with Crippen LogP contribution in [0.15, 0.2) is 41.6 Å². The van der Waals surface area contributed by atoms with Crippen LogP contribution in [-0.4, -0.2) is 18.4 Å². The summed E-state index contributed by atoms with van der Waals surface area (Å²) in [6.07, 6.45) is 2.75. The van der Waals surface area contributed by atoms with Gasteiger partial charge in [-0.15, -0.1) is 0 Å². The Morgan fingerprint density at radius 3 is 2.58 bits per heavy atom. The van der Waals surface area contributed by atoms with Gasteiger partial charge < -0.3 is 5.73 Å². The van der Waals surface area contributed by atoms with E-state index in [-0.39, 0.29) is 22.1 Å². The number of anilines is 2. The average Bonchev–Trinajstić information content (AvgIpc) is 2.41. The standard InChI is InChI=1S/C11H9N5O2S/c12-7-9-10(4-2-5-14-9)19(17,18)16-11-8(13)3-1-6-15-11/h1-6H,13H2,(H,15,16). The number of nitrogens with two attached hydrogens (primary N) is 1.